The van der Waals surface area contributed by atoms with E-state index in [0.29, 0.717) is 18.8 Å². The molecule has 0 unspecified atom stereocenters. The molecule has 0 aliphatic rings. The number of hydrogen-bond acceptors (Lipinski definition) is 2. The van der Waals surface area contributed by atoms with Crippen LogP contribution in [-0.4, -0.2) is 17.5 Å². The Hall–Kier alpha value is -2.36. The van der Waals surface area contributed by atoms with Crippen LogP contribution in [0.15, 0.2) is 54.6 Å². The molecule has 0 fully saturated rings. The highest BCUT2D eigenvalue weighted by molar-refractivity contribution is 5.70. The summed E-state index contributed by atoms with van der Waals surface area (Å²) in [5.41, 5.74) is 0.733. The molecule has 0 spiro atoms. The number of carbonyl (C=O) groups is 1. The normalized spacial score (nSPS) is 10.1. The van der Waals surface area contributed by atoms with Crippen LogP contribution in [0.3, 0.4) is 0 Å². The summed E-state index contributed by atoms with van der Waals surface area (Å²) >= 11 is 0. The van der Waals surface area contributed by atoms with Crippen LogP contribution in [0.4, 0.5) is 9.18 Å². The van der Waals surface area contributed by atoms with Gasteiger partial charge < -0.3 is 9.64 Å². The molecular formula is C16H16FNO2. The van der Waals surface area contributed by atoms with E-state index in [2.05, 4.69) is 0 Å². The Morgan fingerprint density at radius 1 is 1.15 bits per heavy atom. The summed E-state index contributed by atoms with van der Waals surface area (Å²) in [6.45, 7) is 2.66. The second-order valence-corrected chi connectivity index (χ2v) is 4.33. The summed E-state index contributed by atoms with van der Waals surface area (Å²) in [6, 6.07) is 15.1. The van der Waals surface area contributed by atoms with Crippen LogP contribution in [0.25, 0.3) is 0 Å². The van der Waals surface area contributed by atoms with Gasteiger partial charge in [0.05, 0.1) is 0 Å². The number of hydrogen-bond donors (Lipinski definition) is 0. The van der Waals surface area contributed by atoms with E-state index in [1.165, 1.54) is 17.0 Å². The van der Waals surface area contributed by atoms with Gasteiger partial charge in [-0.15, -0.1) is 0 Å². The Bertz CT molecular complexity index is 572. The monoisotopic (exact) mass is 273 g/mol. The third-order valence-electron chi connectivity index (χ3n) is 2.85. The van der Waals surface area contributed by atoms with Crippen molar-refractivity contribution in [1.82, 2.24) is 4.90 Å². The molecule has 4 heteroatoms. The van der Waals surface area contributed by atoms with Crippen molar-refractivity contribution in [3.8, 4) is 5.75 Å². The molecule has 0 heterocycles. The van der Waals surface area contributed by atoms with Gasteiger partial charge in [0, 0.05) is 13.1 Å². The molecule has 2 aromatic rings. The van der Waals surface area contributed by atoms with Gasteiger partial charge in [0.1, 0.15) is 11.6 Å². The quantitative estimate of drug-likeness (QED) is 0.847. The molecule has 104 valence electrons. The minimum absolute atomic E-state index is 0.310. The molecule has 0 aliphatic heterocycles. The highest BCUT2D eigenvalue weighted by atomic mass is 19.1. The molecule has 0 saturated carbocycles. The maximum Gasteiger partial charge on any atom is 0.415 e. The molecule has 0 radical (unpaired) electrons. The molecule has 0 aromatic heterocycles. The third-order valence-corrected chi connectivity index (χ3v) is 2.85. The molecule has 2 rings (SSSR count). The maximum atomic E-state index is 13.1. The van der Waals surface area contributed by atoms with Crippen LogP contribution in [-0.2, 0) is 6.54 Å². The van der Waals surface area contributed by atoms with Crippen molar-refractivity contribution < 1.29 is 13.9 Å². The fourth-order valence-corrected chi connectivity index (χ4v) is 1.82. The van der Waals surface area contributed by atoms with Crippen LogP contribution < -0.4 is 4.74 Å². The van der Waals surface area contributed by atoms with Crippen LogP contribution in [0.2, 0.25) is 0 Å². The van der Waals surface area contributed by atoms with Gasteiger partial charge in [-0.3, -0.25) is 0 Å². The molecule has 0 aliphatic carbocycles. The Labute approximate surface area is 117 Å². The zero-order valence-electron chi connectivity index (χ0n) is 11.3. The van der Waals surface area contributed by atoms with E-state index in [4.69, 9.17) is 4.74 Å². The summed E-state index contributed by atoms with van der Waals surface area (Å²) in [4.78, 5) is 13.6. The Morgan fingerprint density at radius 2 is 1.90 bits per heavy atom. The Morgan fingerprint density at radius 3 is 2.55 bits per heavy atom. The van der Waals surface area contributed by atoms with Gasteiger partial charge in [-0.2, -0.15) is 0 Å². The molecule has 0 bridgehead atoms. The molecule has 0 N–H and O–H groups in total. The van der Waals surface area contributed by atoms with Crippen molar-refractivity contribution in [2.24, 2.45) is 0 Å². The van der Waals surface area contributed by atoms with Gasteiger partial charge in [0.25, 0.3) is 0 Å². The first-order valence-electron chi connectivity index (χ1n) is 6.45. The molecule has 0 saturated heterocycles. The van der Waals surface area contributed by atoms with Crippen molar-refractivity contribution in [3.05, 3.63) is 66.0 Å². The van der Waals surface area contributed by atoms with Gasteiger partial charge in [-0.05, 0) is 36.8 Å². The van der Waals surface area contributed by atoms with Gasteiger partial charge in [0.15, 0.2) is 0 Å². The topological polar surface area (TPSA) is 29.5 Å². The highest BCUT2D eigenvalue weighted by Crippen LogP contribution is 2.12. The van der Waals surface area contributed by atoms with Crippen molar-refractivity contribution >= 4 is 6.09 Å². The second kappa shape index (κ2) is 6.70. The summed E-state index contributed by atoms with van der Waals surface area (Å²) in [6.07, 6.45) is -0.442. The molecule has 20 heavy (non-hydrogen) atoms. The fourth-order valence-electron chi connectivity index (χ4n) is 1.82. The lowest BCUT2D eigenvalue weighted by atomic mass is 10.2. The number of benzene rings is 2. The first-order valence-corrected chi connectivity index (χ1v) is 6.45. The first-order chi connectivity index (χ1) is 9.69. The lowest BCUT2D eigenvalue weighted by Gasteiger charge is -2.20. The summed E-state index contributed by atoms with van der Waals surface area (Å²) in [7, 11) is 0. The molecular weight excluding hydrogens is 257 g/mol. The largest absolute Gasteiger partial charge is 0.415 e. The molecule has 2 aromatic carbocycles. The summed E-state index contributed by atoms with van der Waals surface area (Å²) in [5.74, 6) is 0.185. The van der Waals surface area contributed by atoms with E-state index in [1.807, 2.05) is 13.0 Å². The fraction of sp³-hybridized carbons (Fsp3) is 0.188. The average Bonchev–Trinajstić information content (AvgIpc) is 2.46. The highest BCUT2D eigenvalue weighted by Gasteiger charge is 2.14. The average molecular weight is 273 g/mol. The lowest BCUT2D eigenvalue weighted by molar-refractivity contribution is 0.152. The molecule has 1 amide bonds. The minimum Gasteiger partial charge on any atom is -0.410 e. The number of amides is 1. The lowest BCUT2D eigenvalue weighted by Crippen LogP contribution is -2.32. The number of halogens is 1. The van der Waals surface area contributed by atoms with Gasteiger partial charge in [-0.25, -0.2) is 9.18 Å². The van der Waals surface area contributed by atoms with E-state index >= 15 is 0 Å². The number of carbonyl (C=O) groups excluding carboxylic acids is 1. The molecule has 0 atom stereocenters. The number of ether oxygens (including phenoxy) is 1. The predicted octanol–water partition coefficient (Wildman–Crippen LogP) is 3.85. The Kier molecular flexibility index (Phi) is 4.71. The van der Waals surface area contributed by atoms with Crippen molar-refractivity contribution in [2.75, 3.05) is 6.54 Å². The van der Waals surface area contributed by atoms with E-state index in [-0.39, 0.29) is 5.82 Å². The zero-order chi connectivity index (χ0) is 14.4. The number of rotatable bonds is 4. The molecule has 3 nitrogen and oxygen atoms in total. The van der Waals surface area contributed by atoms with Crippen LogP contribution in [0, 0.1) is 5.82 Å². The van der Waals surface area contributed by atoms with Gasteiger partial charge >= 0.3 is 6.09 Å². The minimum atomic E-state index is -0.442. The van der Waals surface area contributed by atoms with Crippen LogP contribution >= 0.6 is 0 Å². The predicted molar refractivity (Wildman–Crippen MR) is 75.0 cm³/mol. The third kappa shape index (κ3) is 3.82. The van der Waals surface area contributed by atoms with Crippen molar-refractivity contribution in [2.45, 2.75) is 13.5 Å². The second-order valence-electron chi connectivity index (χ2n) is 4.33. The standard InChI is InChI=1S/C16H16FNO2/c1-2-18(12-13-7-6-8-14(17)11-13)16(19)20-15-9-4-3-5-10-15/h3-11H,2,12H2,1H3. The SMILES string of the molecule is CCN(Cc1cccc(F)c1)C(=O)Oc1ccccc1. The van der Waals surface area contributed by atoms with E-state index in [0.717, 1.165) is 5.56 Å². The van der Waals surface area contributed by atoms with Crippen molar-refractivity contribution in [1.29, 1.82) is 0 Å². The summed E-state index contributed by atoms with van der Waals surface area (Å²) in [5, 5.41) is 0. The zero-order valence-corrected chi connectivity index (χ0v) is 11.3. The van der Waals surface area contributed by atoms with Gasteiger partial charge in [-0.1, -0.05) is 30.3 Å². The maximum absolute atomic E-state index is 13.1. The number of nitrogens with zero attached hydrogens (tertiary/aromatic N) is 1. The smallest absolute Gasteiger partial charge is 0.410 e. The van der Waals surface area contributed by atoms with E-state index in [1.54, 1.807) is 36.4 Å². The Balaban J connectivity index is 2.02. The van der Waals surface area contributed by atoms with E-state index in [9.17, 15) is 9.18 Å². The van der Waals surface area contributed by atoms with Crippen LogP contribution in [0.1, 0.15) is 12.5 Å². The van der Waals surface area contributed by atoms with Crippen LogP contribution in [0.5, 0.6) is 5.75 Å². The first kappa shape index (κ1) is 14.1. The van der Waals surface area contributed by atoms with Gasteiger partial charge in [0.2, 0.25) is 0 Å². The van der Waals surface area contributed by atoms with Crippen molar-refractivity contribution in [3.63, 3.8) is 0 Å². The number of para-hydroxylation sites is 1. The summed E-state index contributed by atoms with van der Waals surface area (Å²) < 4.78 is 18.4. The van der Waals surface area contributed by atoms with E-state index < -0.39 is 6.09 Å².